The highest BCUT2D eigenvalue weighted by molar-refractivity contribution is 5.35. The maximum absolute atomic E-state index is 11.5. The minimum absolute atomic E-state index is 0.101. The Labute approximate surface area is 129 Å². The van der Waals surface area contributed by atoms with Gasteiger partial charge in [0.1, 0.15) is 6.10 Å². The molecule has 6 heteroatoms. The summed E-state index contributed by atoms with van der Waals surface area (Å²) in [5.74, 6) is 1.22. The molecule has 118 valence electrons. The highest BCUT2D eigenvalue weighted by Gasteiger charge is 2.19. The Bertz CT molecular complexity index is 671. The standard InChI is InChI=1S/C16H21N3O3/c1-21-14-7-6-12(8-10-19-11-9-17-16(19)20)18-15(14)22-13-4-2-3-5-13/h6-7,9,11,13H,2-5,8,10H2,1H3,(H,17,20). The van der Waals surface area contributed by atoms with Crippen LogP contribution in [0.15, 0.2) is 29.3 Å². The van der Waals surface area contributed by atoms with Gasteiger partial charge in [-0.2, -0.15) is 0 Å². The topological polar surface area (TPSA) is 69.1 Å². The molecule has 0 aliphatic heterocycles. The molecular formula is C16H21N3O3. The van der Waals surface area contributed by atoms with Crippen LogP contribution < -0.4 is 15.2 Å². The number of nitrogens with one attached hydrogen (secondary N) is 1. The van der Waals surface area contributed by atoms with Crippen LogP contribution in [-0.2, 0) is 13.0 Å². The predicted molar refractivity (Wildman–Crippen MR) is 82.4 cm³/mol. The van der Waals surface area contributed by atoms with E-state index in [2.05, 4.69) is 9.97 Å². The Morgan fingerprint density at radius 3 is 2.86 bits per heavy atom. The third-order valence-corrected chi connectivity index (χ3v) is 4.01. The lowest BCUT2D eigenvalue weighted by Gasteiger charge is -2.15. The number of methoxy groups -OCH3 is 1. The lowest BCUT2D eigenvalue weighted by molar-refractivity contribution is 0.191. The van der Waals surface area contributed by atoms with Crippen molar-refractivity contribution in [2.24, 2.45) is 0 Å². The van der Waals surface area contributed by atoms with Crippen LogP contribution in [0.2, 0.25) is 0 Å². The van der Waals surface area contributed by atoms with Gasteiger partial charge in [-0.15, -0.1) is 0 Å². The number of aromatic nitrogens is 3. The lowest BCUT2D eigenvalue weighted by Crippen LogP contribution is -2.18. The lowest BCUT2D eigenvalue weighted by atomic mass is 10.2. The third-order valence-electron chi connectivity index (χ3n) is 4.01. The molecule has 0 bridgehead atoms. The molecule has 1 N–H and O–H groups in total. The van der Waals surface area contributed by atoms with E-state index in [0.29, 0.717) is 24.6 Å². The predicted octanol–water partition coefficient (Wildman–Crippen LogP) is 2.14. The molecule has 2 heterocycles. The van der Waals surface area contributed by atoms with Crippen molar-refractivity contribution in [1.82, 2.24) is 14.5 Å². The number of H-pyrrole nitrogens is 1. The zero-order valence-corrected chi connectivity index (χ0v) is 12.7. The summed E-state index contributed by atoms with van der Waals surface area (Å²) in [6.45, 7) is 0.588. The van der Waals surface area contributed by atoms with Crippen molar-refractivity contribution >= 4 is 0 Å². The van der Waals surface area contributed by atoms with E-state index in [4.69, 9.17) is 9.47 Å². The summed E-state index contributed by atoms with van der Waals surface area (Å²) in [6, 6.07) is 3.80. The van der Waals surface area contributed by atoms with Crippen molar-refractivity contribution in [1.29, 1.82) is 0 Å². The summed E-state index contributed by atoms with van der Waals surface area (Å²) in [4.78, 5) is 18.7. The molecule has 3 rings (SSSR count). The number of imidazole rings is 1. The largest absolute Gasteiger partial charge is 0.491 e. The first-order chi connectivity index (χ1) is 10.8. The van der Waals surface area contributed by atoms with Crippen LogP contribution in [0.25, 0.3) is 0 Å². The van der Waals surface area contributed by atoms with Crippen LogP contribution in [0.1, 0.15) is 31.4 Å². The van der Waals surface area contributed by atoms with Gasteiger partial charge in [-0.05, 0) is 37.8 Å². The number of nitrogens with zero attached hydrogens (tertiary/aromatic N) is 2. The van der Waals surface area contributed by atoms with Gasteiger partial charge in [-0.25, -0.2) is 9.78 Å². The van der Waals surface area contributed by atoms with E-state index < -0.39 is 0 Å². The summed E-state index contributed by atoms with van der Waals surface area (Å²) in [6.07, 6.45) is 8.86. The van der Waals surface area contributed by atoms with Crippen molar-refractivity contribution in [3.63, 3.8) is 0 Å². The van der Waals surface area contributed by atoms with E-state index in [1.165, 1.54) is 12.8 Å². The molecule has 0 radical (unpaired) electrons. The van der Waals surface area contributed by atoms with Crippen molar-refractivity contribution in [2.75, 3.05) is 7.11 Å². The van der Waals surface area contributed by atoms with Crippen LogP contribution in [0, 0.1) is 0 Å². The van der Waals surface area contributed by atoms with Gasteiger partial charge in [0, 0.05) is 31.1 Å². The second-order valence-electron chi connectivity index (χ2n) is 5.54. The number of pyridine rings is 1. The summed E-state index contributed by atoms with van der Waals surface area (Å²) < 4.78 is 12.9. The third kappa shape index (κ3) is 3.32. The fourth-order valence-corrected chi connectivity index (χ4v) is 2.77. The molecular weight excluding hydrogens is 282 g/mol. The monoisotopic (exact) mass is 303 g/mol. The van der Waals surface area contributed by atoms with Crippen molar-refractivity contribution in [2.45, 2.75) is 44.8 Å². The van der Waals surface area contributed by atoms with Gasteiger partial charge < -0.3 is 14.5 Å². The van der Waals surface area contributed by atoms with Crippen LogP contribution in [0.4, 0.5) is 0 Å². The summed E-state index contributed by atoms with van der Waals surface area (Å²) in [5, 5.41) is 0. The van der Waals surface area contributed by atoms with Crippen molar-refractivity contribution in [3.05, 3.63) is 40.7 Å². The summed E-state index contributed by atoms with van der Waals surface area (Å²) in [7, 11) is 1.62. The molecule has 0 atom stereocenters. The van der Waals surface area contributed by atoms with Crippen LogP contribution in [0.5, 0.6) is 11.6 Å². The Hall–Kier alpha value is -2.24. The SMILES string of the molecule is COc1ccc(CCn2cc[nH]c2=O)nc1OC1CCCC1. The zero-order valence-electron chi connectivity index (χ0n) is 12.7. The average molecular weight is 303 g/mol. The smallest absolute Gasteiger partial charge is 0.325 e. The molecule has 2 aromatic heterocycles. The first kappa shape index (κ1) is 14.7. The van der Waals surface area contributed by atoms with Gasteiger partial charge in [-0.3, -0.25) is 4.57 Å². The highest BCUT2D eigenvalue weighted by Crippen LogP contribution is 2.30. The summed E-state index contributed by atoms with van der Waals surface area (Å²) >= 11 is 0. The number of hydrogen-bond acceptors (Lipinski definition) is 4. The van der Waals surface area contributed by atoms with E-state index in [0.717, 1.165) is 18.5 Å². The van der Waals surface area contributed by atoms with E-state index in [-0.39, 0.29) is 11.8 Å². The fourth-order valence-electron chi connectivity index (χ4n) is 2.77. The Morgan fingerprint density at radius 2 is 2.18 bits per heavy atom. The highest BCUT2D eigenvalue weighted by atomic mass is 16.5. The maximum Gasteiger partial charge on any atom is 0.325 e. The van der Waals surface area contributed by atoms with Crippen molar-refractivity contribution < 1.29 is 9.47 Å². The Morgan fingerprint density at radius 1 is 1.36 bits per heavy atom. The minimum Gasteiger partial charge on any atom is -0.491 e. The van der Waals surface area contributed by atoms with Gasteiger partial charge in [-0.1, -0.05) is 0 Å². The van der Waals surface area contributed by atoms with E-state index >= 15 is 0 Å². The summed E-state index contributed by atoms with van der Waals surface area (Å²) in [5.41, 5.74) is 0.790. The molecule has 0 unspecified atom stereocenters. The second-order valence-corrected chi connectivity index (χ2v) is 5.54. The molecule has 1 fully saturated rings. The van der Waals surface area contributed by atoms with Crippen LogP contribution in [0.3, 0.4) is 0 Å². The van der Waals surface area contributed by atoms with Gasteiger partial charge in [0.05, 0.1) is 7.11 Å². The van der Waals surface area contributed by atoms with Gasteiger partial charge >= 0.3 is 5.69 Å². The quantitative estimate of drug-likeness (QED) is 0.887. The Kier molecular flexibility index (Phi) is 4.46. The number of ether oxygens (including phenoxy) is 2. The zero-order chi connectivity index (χ0) is 15.4. The molecule has 6 nitrogen and oxygen atoms in total. The number of hydrogen-bond donors (Lipinski definition) is 1. The van der Waals surface area contributed by atoms with Crippen molar-refractivity contribution in [3.8, 4) is 11.6 Å². The normalized spacial score (nSPS) is 15.1. The second kappa shape index (κ2) is 6.68. The average Bonchev–Trinajstić information content (AvgIpc) is 3.17. The van der Waals surface area contributed by atoms with Crippen LogP contribution in [-0.4, -0.2) is 27.7 Å². The van der Waals surface area contributed by atoms with E-state index in [1.54, 1.807) is 24.1 Å². The molecule has 1 saturated carbocycles. The Balaban J connectivity index is 1.71. The maximum atomic E-state index is 11.5. The number of rotatable bonds is 6. The molecule has 22 heavy (non-hydrogen) atoms. The van der Waals surface area contributed by atoms with E-state index in [1.807, 2.05) is 12.1 Å². The first-order valence-electron chi connectivity index (χ1n) is 7.70. The molecule has 1 aliphatic carbocycles. The van der Waals surface area contributed by atoms with Gasteiger partial charge in [0.25, 0.3) is 5.88 Å². The first-order valence-corrected chi connectivity index (χ1v) is 7.70. The minimum atomic E-state index is -0.101. The molecule has 1 aliphatic rings. The van der Waals surface area contributed by atoms with Crippen LogP contribution >= 0.6 is 0 Å². The molecule has 0 amide bonds. The van der Waals surface area contributed by atoms with E-state index in [9.17, 15) is 4.79 Å². The van der Waals surface area contributed by atoms with Gasteiger partial charge in [0.2, 0.25) is 0 Å². The fraction of sp³-hybridized carbons (Fsp3) is 0.500. The molecule has 0 saturated heterocycles. The number of aromatic amines is 1. The van der Waals surface area contributed by atoms with Gasteiger partial charge in [0.15, 0.2) is 5.75 Å². The molecule has 0 spiro atoms. The molecule has 2 aromatic rings. The number of aryl methyl sites for hydroxylation is 2. The molecule has 0 aromatic carbocycles.